The molecule has 2 N–H and O–H groups in total. The molecular weight excluding hydrogens is 166 g/mol. The lowest BCUT2D eigenvalue weighted by Crippen LogP contribution is -2.45. The Kier molecular flexibility index (Phi) is 3.71. The van der Waals surface area contributed by atoms with Gasteiger partial charge in [-0.3, -0.25) is 4.79 Å². The Labute approximate surface area is 78.3 Å². The minimum atomic E-state index is -0.0227. The van der Waals surface area contributed by atoms with Crippen LogP contribution in [0.2, 0.25) is 0 Å². The summed E-state index contributed by atoms with van der Waals surface area (Å²) in [5, 5.41) is 14.3. The van der Waals surface area contributed by atoms with Gasteiger partial charge in [-0.1, -0.05) is 0 Å². The first-order chi connectivity index (χ1) is 6.22. The summed E-state index contributed by atoms with van der Waals surface area (Å²) in [5.74, 6) is 0.559. The highest BCUT2D eigenvalue weighted by Gasteiger charge is 2.20. The molecule has 13 heavy (non-hydrogen) atoms. The second kappa shape index (κ2) is 4.83. The first kappa shape index (κ1) is 10.0. The van der Waals surface area contributed by atoms with Gasteiger partial charge in [-0.2, -0.15) is 5.26 Å². The molecule has 0 aromatic carbocycles. The van der Waals surface area contributed by atoms with Crippen LogP contribution < -0.4 is 10.6 Å². The molecule has 0 aliphatic carbocycles. The molecule has 1 aliphatic rings. The smallest absolute Gasteiger partial charge is 0.220 e. The average molecular weight is 181 g/mol. The van der Waals surface area contributed by atoms with Crippen LogP contribution in [0.3, 0.4) is 0 Å². The number of rotatable bonds is 4. The van der Waals surface area contributed by atoms with Gasteiger partial charge < -0.3 is 10.6 Å². The van der Waals surface area contributed by atoms with Crippen molar-refractivity contribution in [3.05, 3.63) is 0 Å². The fraction of sp³-hybridized carbons (Fsp3) is 0.778. The molecule has 1 aliphatic heterocycles. The molecule has 0 spiro atoms. The molecule has 0 radical (unpaired) electrons. The van der Waals surface area contributed by atoms with E-state index in [0.717, 1.165) is 13.1 Å². The lowest BCUT2D eigenvalue weighted by Gasteiger charge is -2.26. The fourth-order valence-electron chi connectivity index (χ4n) is 1.28. The van der Waals surface area contributed by atoms with Crippen LogP contribution in [0.5, 0.6) is 0 Å². The third-order valence-corrected chi connectivity index (χ3v) is 2.14. The lowest BCUT2D eigenvalue weighted by molar-refractivity contribution is -0.122. The zero-order valence-corrected chi connectivity index (χ0v) is 7.84. The minimum absolute atomic E-state index is 0.0227. The van der Waals surface area contributed by atoms with Crippen molar-refractivity contribution >= 4 is 5.91 Å². The SMILES string of the molecule is CC(CC#N)NC(=O)CC1CNC1. The molecule has 1 unspecified atom stereocenters. The third kappa shape index (κ3) is 3.43. The molecule has 1 fully saturated rings. The molecule has 4 heteroatoms. The molecular formula is C9H15N3O. The number of hydrogen-bond acceptors (Lipinski definition) is 3. The van der Waals surface area contributed by atoms with Gasteiger partial charge in [-0.15, -0.1) is 0 Å². The summed E-state index contributed by atoms with van der Waals surface area (Å²) in [6, 6.07) is 2.00. The molecule has 1 heterocycles. The van der Waals surface area contributed by atoms with E-state index in [0.29, 0.717) is 18.8 Å². The van der Waals surface area contributed by atoms with E-state index in [1.54, 1.807) is 0 Å². The van der Waals surface area contributed by atoms with E-state index in [1.165, 1.54) is 0 Å². The van der Waals surface area contributed by atoms with E-state index in [2.05, 4.69) is 10.6 Å². The van der Waals surface area contributed by atoms with Gasteiger partial charge in [0.2, 0.25) is 5.91 Å². The zero-order valence-electron chi connectivity index (χ0n) is 7.84. The summed E-state index contributed by atoms with van der Waals surface area (Å²) < 4.78 is 0. The Morgan fingerprint density at radius 2 is 2.46 bits per heavy atom. The van der Waals surface area contributed by atoms with Crippen molar-refractivity contribution in [3.8, 4) is 6.07 Å². The lowest BCUT2D eigenvalue weighted by atomic mass is 9.99. The summed E-state index contributed by atoms with van der Waals surface area (Å²) in [5.41, 5.74) is 0. The molecule has 1 saturated heterocycles. The van der Waals surface area contributed by atoms with Gasteiger partial charge in [-0.05, 0) is 25.9 Å². The van der Waals surface area contributed by atoms with Crippen molar-refractivity contribution in [1.29, 1.82) is 5.26 Å². The largest absolute Gasteiger partial charge is 0.353 e. The normalized spacial score (nSPS) is 18.5. The number of nitrogens with one attached hydrogen (secondary N) is 2. The van der Waals surface area contributed by atoms with Crippen molar-refractivity contribution in [2.24, 2.45) is 5.92 Å². The first-order valence-electron chi connectivity index (χ1n) is 4.59. The van der Waals surface area contributed by atoms with Crippen LogP contribution in [0.15, 0.2) is 0 Å². The monoisotopic (exact) mass is 181 g/mol. The Balaban J connectivity index is 2.13. The van der Waals surface area contributed by atoms with Gasteiger partial charge in [0.25, 0.3) is 0 Å². The summed E-state index contributed by atoms with van der Waals surface area (Å²) in [4.78, 5) is 11.3. The van der Waals surface area contributed by atoms with Crippen molar-refractivity contribution in [1.82, 2.24) is 10.6 Å². The van der Waals surface area contributed by atoms with Crippen molar-refractivity contribution in [3.63, 3.8) is 0 Å². The minimum Gasteiger partial charge on any atom is -0.353 e. The highest BCUT2D eigenvalue weighted by molar-refractivity contribution is 5.76. The Morgan fingerprint density at radius 3 is 2.92 bits per heavy atom. The summed E-state index contributed by atoms with van der Waals surface area (Å²) in [7, 11) is 0. The molecule has 0 bridgehead atoms. The van der Waals surface area contributed by atoms with Crippen LogP contribution in [-0.4, -0.2) is 25.0 Å². The Hall–Kier alpha value is -1.08. The molecule has 1 amide bonds. The van der Waals surface area contributed by atoms with Crippen LogP contribution in [0, 0.1) is 17.2 Å². The van der Waals surface area contributed by atoms with Crippen molar-refractivity contribution < 1.29 is 4.79 Å². The number of nitriles is 1. The average Bonchev–Trinajstić information content (AvgIpc) is 1.97. The predicted molar refractivity (Wildman–Crippen MR) is 48.8 cm³/mol. The van der Waals surface area contributed by atoms with Gasteiger partial charge >= 0.3 is 0 Å². The topological polar surface area (TPSA) is 64.9 Å². The van der Waals surface area contributed by atoms with E-state index in [-0.39, 0.29) is 11.9 Å². The maximum atomic E-state index is 11.3. The van der Waals surface area contributed by atoms with E-state index >= 15 is 0 Å². The van der Waals surface area contributed by atoms with Crippen LogP contribution in [0.1, 0.15) is 19.8 Å². The van der Waals surface area contributed by atoms with Gasteiger partial charge in [0.05, 0.1) is 12.5 Å². The predicted octanol–water partition coefficient (Wildman–Crippen LogP) is 0.0143. The molecule has 1 atom stereocenters. The van der Waals surface area contributed by atoms with E-state index in [4.69, 9.17) is 5.26 Å². The zero-order chi connectivity index (χ0) is 9.68. The maximum absolute atomic E-state index is 11.3. The van der Waals surface area contributed by atoms with Crippen molar-refractivity contribution in [2.75, 3.05) is 13.1 Å². The van der Waals surface area contributed by atoms with Crippen LogP contribution in [0.4, 0.5) is 0 Å². The molecule has 4 nitrogen and oxygen atoms in total. The van der Waals surface area contributed by atoms with Gasteiger partial charge in [0.15, 0.2) is 0 Å². The highest BCUT2D eigenvalue weighted by atomic mass is 16.1. The molecule has 0 aromatic rings. The molecule has 0 aromatic heterocycles. The number of nitrogens with zero attached hydrogens (tertiary/aromatic N) is 1. The maximum Gasteiger partial charge on any atom is 0.220 e. The second-order valence-electron chi connectivity index (χ2n) is 3.56. The summed E-state index contributed by atoms with van der Waals surface area (Å²) in [6.45, 7) is 3.74. The highest BCUT2D eigenvalue weighted by Crippen LogP contribution is 2.07. The molecule has 1 rings (SSSR count). The molecule has 0 saturated carbocycles. The number of carbonyl (C=O) groups is 1. The quantitative estimate of drug-likeness (QED) is 0.642. The fourth-order valence-corrected chi connectivity index (χ4v) is 1.28. The standard InChI is InChI=1S/C9H15N3O/c1-7(2-3-10)12-9(13)4-8-5-11-6-8/h7-8,11H,2,4-6H2,1H3,(H,12,13). The van der Waals surface area contributed by atoms with Gasteiger partial charge in [0.1, 0.15) is 0 Å². The third-order valence-electron chi connectivity index (χ3n) is 2.14. The van der Waals surface area contributed by atoms with Crippen molar-refractivity contribution in [2.45, 2.75) is 25.8 Å². The molecule has 72 valence electrons. The van der Waals surface area contributed by atoms with E-state index in [1.807, 2.05) is 13.0 Å². The Bertz CT molecular complexity index is 217. The van der Waals surface area contributed by atoms with E-state index < -0.39 is 0 Å². The van der Waals surface area contributed by atoms with Gasteiger partial charge in [-0.25, -0.2) is 0 Å². The number of carbonyl (C=O) groups excluding carboxylic acids is 1. The number of amides is 1. The van der Waals surface area contributed by atoms with Crippen LogP contribution in [-0.2, 0) is 4.79 Å². The summed E-state index contributed by atoms with van der Waals surface area (Å²) >= 11 is 0. The first-order valence-corrected chi connectivity index (χ1v) is 4.59. The van der Waals surface area contributed by atoms with E-state index in [9.17, 15) is 4.79 Å². The Morgan fingerprint density at radius 1 is 1.77 bits per heavy atom. The second-order valence-corrected chi connectivity index (χ2v) is 3.56. The van der Waals surface area contributed by atoms with Crippen LogP contribution >= 0.6 is 0 Å². The number of hydrogen-bond donors (Lipinski definition) is 2. The van der Waals surface area contributed by atoms with Gasteiger partial charge in [0, 0.05) is 12.5 Å². The van der Waals surface area contributed by atoms with Crippen LogP contribution in [0.25, 0.3) is 0 Å². The summed E-state index contributed by atoms with van der Waals surface area (Å²) in [6.07, 6.45) is 0.970.